The lowest BCUT2D eigenvalue weighted by molar-refractivity contribution is -0.142. The van der Waals surface area contributed by atoms with Crippen LogP contribution >= 0.6 is 12.2 Å². The van der Waals surface area contributed by atoms with Crippen LogP contribution in [0.3, 0.4) is 0 Å². The topological polar surface area (TPSA) is 55.1 Å². The second kappa shape index (κ2) is 5.96. The van der Waals surface area contributed by atoms with Gasteiger partial charge in [0.05, 0.1) is 12.1 Å². The van der Waals surface area contributed by atoms with Crippen molar-refractivity contribution in [2.24, 2.45) is 5.73 Å². The van der Waals surface area contributed by atoms with Gasteiger partial charge in [0, 0.05) is 12.0 Å². The van der Waals surface area contributed by atoms with Crippen LogP contribution in [0.25, 0.3) is 0 Å². The minimum absolute atomic E-state index is 0.0196. The normalized spacial score (nSPS) is 11.2. The average Bonchev–Trinajstić information content (AvgIpc) is 2.28. The molecule has 8 heteroatoms. The van der Waals surface area contributed by atoms with Gasteiger partial charge in [0.2, 0.25) is 5.91 Å². The molecule has 0 fully saturated rings. The molecule has 3 N–H and O–H groups in total. The third-order valence-electron chi connectivity index (χ3n) is 2.16. The fourth-order valence-corrected chi connectivity index (χ4v) is 1.36. The van der Waals surface area contributed by atoms with E-state index in [-0.39, 0.29) is 16.2 Å². The van der Waals surface area contributed by atoms with Crippen LogP contribution in [0.4, 0.5) is 23.2 Å². The monoisotopic (exact) mass is 294 g/mol. The van der Waals surface area contributed by atoms with Crippen molar-refractivity contribution < 1.29 is 22.4 Å². The molecule has 0 aliphatic rings. The maximum absolute atomic E-state index is 13.5. The number of carbonyl (C=O) groups is 1. The molecule has 0 spiro atoms. The lowest BCUT2D eigenvalue weighted by Crippen LogP contribution is -2.17. The van der Waals surface area contributed by atoms with E-state index < -0.39 is 30.7 Å². The van der Waals surface area contributed by atoms with Crippen molar-refractivity contribution in [3.8, 4) is 0 Å². The maximum Gasteiger partial charge on any atom is 0.389 e. The molecular weight excluding hydrogens is 284 g/mol. The number of benzene rings is 1. The van der Waals surface area contributed by atoms with E-state index in [0.717, 1.165) is 6.07 Å². The van der Waals surface area contributed by atoms with Crippen LogP contribution in [0.5, 0.6) is 0 Å². The molecular formula is C11H10F4N2OS. The third-order valence-corrected chi connectivity index (χ3v) is 2.40. The molecule has 0 aliphatic carbocycles. The second-order valence-corrected chi connectivity index (χ2v) is 4.16. The predicted molar refractivity (Wildman–Crippen MR) is 66.2 cm³/mol. The summed E-state index contributed by atoms with van der Waals surface area (Å²) in [6.45, 7) is 0. The Balaban J connectivity index is 2.67. The Labute approximate surface area is 111 Å². The van der Waals surface area contributed by atoms with Crippen LogP contribution in [-0.4, -0.2) is 17.1 Å². The van der Waals surface area contributed by atoms with E-state index in [1.807, 2.05) is 0 Å². The molecule has 104 valence electrons. The number of carbonyl (C=O) groups excluding carboxylic acids is 1. The van der Waals surface area contributed by atoms with E-state index in [4.69, 9.17) is 5.73 Å². The van der Waals surface area contributed by atoms with E-state index in [1.54, 1.807) is 0 Å². The number of nitrogens with two attached hydrogens (primary N) is 1. The highest BCUT2D eigenvalue weighted by Crippen LogP contribution is 2.22. The Morgan fingerprint density at radius 3 is 2.47 bits per heavy atom. The molecule has 0 radical (unpaired) electrons. The van der Waals surface area contributed by atoms with Gasteiger partial charge in [0.15, 0.2) is 0 Å². The van der Waals surface area contributed by atoms with Gasteiger partial charge < -0.3 is 11.1 Å². The molecule has 0 saturated carbocycles. The fraction of sp³-hybridized carbons (Fsp3) is 0.273. The number of hydrogen-bond donors (Lipinski definition) is 2. The zero-order valence-corrected chi connectivity index (χ0v) is 10.4. The number of amides is 1. The summed E-state index contributed by atoms with van der Waals surface area (Å²) in [6.07, 6.45) is -6.45. The molecule has 1 rings (SSSR count). The molecule has 19 heavy (non-hydrogen) atoms. The molecule has 0 unspecified atom stereocenters. The van der Waals surface area contributed by atoms with Gasteiger partial charge in [-0.05, 0) is 18.2 Å². The van der Waals surface area contributed by atoms with Gasteiger partial charge in [0.25, 0.3) is 0 Å². The van der Waals surface area contributed by atoms with Crippen molar-refractivity contribution in [2.75, 3.05) is 5.32 Å². The lowest BCUT2D eigenvalue weighted by atomic mass is 10.2. The summed E-state index contributed by atoms with van der Waals surface area (Å²) in [7, 11) is 0. The molecule has 0 heterocycles. The Kier molecular flexibility index (Phi) is 4.82. The second-order valence-electron chi connectivity index (χ2n) is 3.72. The zero-order valence-electron chi connectivity index (χ0n) is 9.55. The standard InChI is InChI=1S/C11H10F4N2OS/c12-7-5-6(10(16)19)1-2-8(7)17-9(18)3-4-11(13,14)15/h1-2,5H,3-4H2,(H2,16,19)(H,17,18). The van der Waals surface area contributed by atoms with Crippen molar-refractivity contribution in [3.63, 3.8) is 0 Å². The minimum atomic E-state index is -4.43. The maximum atomic E-state index is 13.5. The number of hydrogen-bond acceptors (Lipinski definition) is 2. The van der Waals surface area contributed by atoms with Crippen molar-refractivity contribution in [1.82, 2.24) is 0 Å². The first-order valence-corrected chi connectivity index (χ1v) is 5.56. The van der Waals surface area contributed by atoms with E-state index >= 15 is 0 Å². The van der Waals surface area contributed by atoms with Crippen LogP contribution in [0.2, 0.25) is 0 Å². The first kappa shape index (κ1) is 15.4. The number of anilines is 1. The SMILES string of the molecule is NC(=S)c1ccc(NC(=O)CCC(F)(F)F)c(F)c1. The van der Waals surface area contributed by atoms with Crippen molar-refractivity contribution in [1.29, 1.82) is 0 Å². The highest BCUT2D eigenvalue weighted by atomic mass is 32.1. The Hall–Kier alpha value is -1.70. The Bertz CT molecular complexity index is 502. The third kappa shape index (κ3) is 5.21. The van der Waals surface area contributed by atoms with Gasteiger partial charge in [-0.3, -0.25) is 4.79 Å². The Morgan fingerprint density at radius 2 is 2.00 bits per heavy atom. The highest BCUT2D eigenvalue weighted by Gasteiger charge is 2.28. The van der Waals surface area contributed by atoms with Gasteiger partial charge in [-0.15, -0.1) is 0 Å². The van der Waals surface area contributed by atoms with Crippen LogP contribution in [-0.2, 0) is 4.79 Å². The zero-order chi connectivity index (χ0) is 14.6. The van der Waals surface area contributed by atoms with E-state index in [9.17, 15) is 22.4 Å². The summed E-state index contributed by atoms with van der Waals surface area (Å²) in [5.74, 6) is -1.73. The minimum Gasteiger partial charge on any atom is -0.389 e. The summed E-state index contributed by atoms with van der Waals surface area (Å²) < 4.78 is 49.2. The average molecular weight is 294 g/mol. The van der Waals surface area contributed by atoms with Gasteiger partial charge >= 0.3 is 6.18 Å². The number of nitrogens with one attached hydrogen (secondary N) is 1. The summed E-state index contributed by atoms with van der Waals surface area (Å²) in [5.41, 5.74) is 5.33. The van der Waals surface area contributed by atoms with Crippen LogP contribution in [0.15, 0.2) is 18.2 Å². The number of rotatable bonds is 4. The van der Waals surface area contributed by atoms with Crippen molar-refractivity contribution in [3.05, 3.63) is 29.6 Å². The van der Waals surface area contributed by atoms with Crippen LogP contribution in [0, 0.1) is 5.82 Å². The summed E-state index contributed by atoms with van der Waals surface area (Å²) >= 11 is 4.63. The van der Waals surface area contributed by atoms with Crippen LogP contribution in [0.1, 0.15) is 18.4 Å². The van der Waals surface area contributed by atoms with Gasteiger partial charge in [-0.2, -0.15) is 13.2 Å². The smallest absolute Gasteiger partial charge is 0.389 e. The largest absolute Gasteiger partial charge is 0.389 e. The quantitative estimate of drug-likeness (QED) is 0.663. The molecule has 0 bridgehead atoms. The summed E-state index contributed by atoms with van der Waals surface area (Å²) in [5, 5.41) is 2.05. The molecule has 1 aromatic rings. The summed E-state index contributed by atoms with van der Waals surface area (Å²) in [6, 6.07) is 3.56. The molecule has 0 aromatic heterocycles. The first-order chi connectivity index (χ1) is 8.69. The molecule has 3 nitrogen and oxygen atoms in total. The Morgan fingerprint density at radius 1 is 1.37 bits per heavy atom. The molecule has 1 aromatic carbocycles. The number of alkyl halides is 3. The van der Waals surface area contributed by atoms with Crippen molar-refractivity contribution >= 4 is 28.8 Å². The highest BCUT2D eigenvalue weighted by molar-refractivity contribution is 7.80. The molecule has 0 saturated heterocycles. The summed E-state index contributed by atoms with van der Waals surface area (Å²) in [4.78, 5) is 11.2. The molecule has 0 atom stereocenters. The van der Waals surface area contributed by atoms with E-state index in [1.165, 1.54) is 12.1 Å². The van der Waals surface area contributed by atoms with Crippen LogP contribution < -0.4 is 11.1 Å². The van der Waals surface area contributed by atoms with Gasteiger partial charge in [0.1, 0.15) is 10.8 Å². The predicted octanol–water partition coefficient (Wildman–Crippen LogP) is 2.74. The van der Waals surface area contributed by atoms with Gasteiger partial charge in [-0.25, -0.2) is 4.39 Å². The first-order valence-electron chi connectivity index (χ1n) is 5.15. The fourth-order valence-electron chi connectivity index (χ4n) is 1.24. The molecule has 1 amide bonds. The molecule has 0 aliphatic heterocycles. The van der Waals surface area contributed by atoms with E-state index in [2.05, 4.69) is 17.5 Å². The van der Waals surface area contributed by atoms with Gasteiger partial charge in [-0.1, -0.05) is 12.2 Å². The lowest BCUT2D eigenvalue weighted by Gasteiger charge is -2.09. The number of thiocarbonyl (C=S) groups is 1. The van der Waals surface area contributed by atoms with E-state index in [0.29, 0.717) is 0 Å². The van der Waals surface area contributed by atoms with Crippen molar-refractivity contribution in [2.45, 2.75) is 19.0 Å². The number of halogens is 4.